The molecule has 0 aromatic carbocycles. The summed E-state index contributed by atoms with van der Waals surface area (Å²) in [6, 6.07) is -0.158. The van der Waals surface area contributed by atoms with Crippen LogP contribution >= 0.6 is 0 Å². The highest BCUT2D eigenvalue weighted by Crippen LogP contribution is 2.23. The summed E-state index contributed by atoms with van der Waals surface area (Å²) in [4.78, 5) is 0. The molecule has 108 valence electrons. The van der Waals surface area contributed by atoms with E-state index in [2.05, 4.69) is 0 Å². The molecule has 0 aromatic rings. The van der Waals surface area contributed by atoms with Crippen LogP contribution in [0.2, 0.25) is 0 Å². The van der Waals surface area contributed by atoms with Crippen LogP contribution in [-0.2, 0) is 14.9 Å². The topological polar surface area (TPSA) is 75.9 Å². The molecule has 1 fully saturated rings. The average Bonchev–Trinajstić information content (AvgIpc) is 2.38. The summed E-state index contributed by atoms with van der Waals surface area (Å²) in [6.45, 7) is 5.49. The van der Waals surface area contributed by atoms with Gasteiger partial charge >= 0.3 is 0 Å². The third-order valence-electron chi connectivity index (χ3n) is 3.55. The summed E-state index contributed by atoms with van der Waals surface area (Å²) in [5.74, 6) is 0. The monoisotopic (exact) mass is 279 g/mol. The van der Waals surface area contributed by atoms with E-state index < -0.39 is 10.2 Å². The summed E-state index contributed by atoms with van der Waals surface area (Å²) in [6.07, 6.45) is 1.52. The van der Waals surface area contributed by atoms with Gasteiger partial charge in [-0.15, -0.1) is 0 Å². The van der Waals surface area contributed by atoms with Gasteiger partial charge in [0.15, 0.2) is 0 Å². The lowest BCUT2D eigenvalue weighted by Crippen LogP contribution is -2.55. The fourth-order valence-corrected chi connectivity index (χ4v) is 4.26. The van der Waals surface area contributed by atoms with Crippen molar-refractivity contribution in [2.45, 2.75) is 38.8 Å². The molecule has 7 heteroatoms. The normalized spacial score (nSPS) is 26.7. The Morgan fingerprint density at radius 3 is 2.44 bits per heavy atom. The maximum atomic E-state index is 12.5. The van der Waals surface area contributed by atoms with Gasteiger partial charge in [0.1, 0.15) is 0 Å². The van der Waals surface area contributed by atoms with E-state index in [0.29, 0.717) is 32.6 Å². The Bertz CT molecular complexity index is 343. The van der Waals surface area contributed by atoms with Crippen molar-refractivity contribution in [3.63, 3.8) is 0 Å². The molecule has 0 saturated carbocycles. The Balaban J connectivity index is 2.87. The van der Waals surface area contributed by atoms with Crippen LogP contribution in [0, 0.1) is 0 Å². The minimum absolute atomic E-state index is 0.113. The molecule has 2 N–H and O–H groups in total. The standard InChI is InChI=1S/C11H25N3O3S/c1-4-13(5-2)18(15,16)14-7-6-11(17-3)8-10(14)9-12/h10-11H,4-9,12H2,1-3H3. The van der Waals surface area contributed by atoms with Crippen molar-refractivity contribution in [2.24, 2.45) is 5.73 Å². The van der Waals surface area contributed by atoms with E-state index in [4.69, 9.17) is 10.5 Å². The molecule has 1 rings (SSSR count). The van der Waals surface area contributed by atoms with Crippen molar-refractivity contribution in [3.8, 4) is 0 Å². The highest BCUT2D eigenvalue weighted by atomic mass is 32.2. The third-order valence-corrected chi connectivity index (χ3v) is 5.79. The summed E-state index contributed by atoms with van der Waals surface area (Å²) in [5, 5.41) is 0. The number of methoxy groups -OCH3 is 1. The number of piperidine rings is 1. The third kappa shape index (κ3) is 3.21. The van der Waals surface area contributed by atoms with Gasteiger partial charge in [-0.2, -0.15) is 17.0 Å². The maximum absolute atomic E-state index is 12.5. The van der Waals surface area contributed by atoms with Crippen molar-refractivity contribution in [1.29, 1.82) is 0 Å². The second-order valence-electron chi connectivity index (χ2n) is 4.47. The lowest BCUT2D eigenvalue weighted by atomic mass is 10.0. The van der Waals surface area contributed by atoms with Crippen LogP contribution < -0.4 is 5.73 Å². The SMILES string of the molecule is CCN(CC)S(=O)(=O)N1CCC(OC)CC1CN. The van der Waals surface area contributed by atoms with Gasteiger partial charge in [-0.1, -0.05) is 13.8 Å². The zero-order chi connectivity index (χ0) is 13.8. The number of rotatable bonds is 6. The number of nitrogens with two attached hydrogens (primary N) is 1. The molecule has 18 heavy (non-hydrogen) atoms. The fourth-order valence-electron chi connectivity index (χ4n) is 2.42. The van der Waals surface area contributed by atoms with E-state index in [9.17, 15) is 8.42 Å². The van der Waals surface area contributed by atoms with Gasteiger partial charge in [0.05, 0.1) is 6.10 Å². The van der Waals surface area contributed by atoms with Crippen molar-refractivity contribution in [1.82, 2.24) is 8.61 Å². The number of nitrogens with zero attached hydrogens (tertiary/aromatic N) is 2. The number of ether oxygens (including phenoxy) is 1. The lowest BCUT2D eigenvalue weighted by Gasteiger charge is -2.39. The quantitative estimate of drug-likeness (QED) is 0.743. The van der Waals surface area contributed by atoms with Gasteiger partial charge < -0.3 is 10.5 Å². The Morgan fingerprint density at radius 2 is 2.00 bits per heavy atom. The van der Waals surface area contributed by atoms with Crippen LogP contribution in [0.1, 0.15) is 26.7 Å². The van der Waals surface area contributed by atoms with Gasteiger partial charge in [-0.25, -0.2) is 0 Å². The maximum Gasteiger partial charge on any atom is 0.282 e. The van der Waals surface area contributed by atoms with Crippen LogP contribution in [0.5, 0.6) is 0 Å². The fraction of sp³-hybridized carbons (Fsp3) is 1.00. The lowest BCUT2D eigenvalue weighted by molar-refractivity contribution is 0.0385. The summed E-state index contributed by atoms with van der Waals surface area (Å²) >= 11 is 0. The summed E-state index contributed by atoms with van der Waals surface area (Å²) in [5.41, 5.74) is 5.71. The second-order valence-corrected chi connectivity index (χ2v) is 6.36. The highest BCUT2D eigenvalue weighted by Gasteiger charge is 2.37. The first-order valence-corrected chi connectivity index (χ1v) is 7.90. The predicted octanol–water partition coefficient (Wildman–Crippen LogP) is 0.0111. The van der Waals surface area contributed by atoms with Gasteiger partial charge in [-0.3, -0.25) is 0 Å². The van der Waals surface area contributed by atoms with E-state index in [1.165, 1.54) is 8.61 Å². The molecule has 6 nitrogen and oxygen atoms in total. The second kappa shape index (κ2) is 6.81. The van der Waals surface area contributed by atoms with Crippen molar-refractivity contribution in [3.05, 3.63) is 0 Å². The van der Waals surface area contributed by atoms with Gasteiger partial charge in [-0.05, 0) is 12.8 Å². The molecule has 1 saturated heterocycles. The summed E-state index contributed by atoms with van der Waals surface area (Å²) in [7, 11) is -1.73. The van der Waals surface area contributed by atoms with Crippen LogP contribution in [0.15, 0.2) is 0 Å². The average molecular weight is 279 g/mol. The van der Waals surface area contributed by atoms with E-state index in [1.54, 1.807) is 7.11 Å². The zero-order valence-corrected chi connectivity index (χ0v) is 12.3. The Kier molecular flexibility index (Phi) is 6.00. The van der Waals surface area contributed by atoms with Crippen molar-refractivity contribution >= 4 is 10.2 Å². The predicted molar refractivity (Wildman–Crippen MR) is 71.4 cm³/mol. The molecule has 0 aliphatic carbocycles. The molecular formula is C11H25N3O3S. The van der Waals surface area contributed by atoms with Gasteiger partial charge in [0.2, 0.25) is 0 Å². The number of hydrogen-bond donors (Lipinski definition) is 1. The number of hydrogen-bond acceptors (Lipinski definition) is 4. The van der Waals surface area contributed by atoms with E-state index in [-0.39, 0.29) is 12.1 Å². The first-order chi connectivity index (χ1) is 8.51. The van der Waals surface area contributed by atoms with Gasteiger partial charge in [0, 0.05) is 39.3 Å². The molecule has 2 unspecified atom stereocenters. The van der Waals surface area contributed by atoms with E-state index in [1.807, 2.05) is 13.8 Å². The van der Waals surface area contributed by atoms with Crippen molar-refractivity contribution < 1.29 is 13.2 Å². The molecule has 0 bridgehead atoms. The van der Waals surface area contributed by atoms with E-state index in [0.717, 1.165) is 6.42 Å². The Morgan fingerprint density at radius 1 is 1.39 bits per heavy atom. The molecule has 1 heterocycles. The molecule has 0 amide bonds. The zero-order valence-electron chi connectivity index (χ0n) is 11.5. The Hall–Kier alpha value is -0.210. The molecule has 0 spiro atoms. The first-order valence-electron chi connectivity index (χ1n) is 6.50. The van der Waals surface area contributed by atoms with Crippen molar-refractivity contribution in [2.75, 3.05) is 33.3 Å². The van der Waals surface area contributed by atoms with Crippen LogP contribution in [0.25, 0.3) is 0 Å². The minimum Gasteiger partial charge on any atom is -0.381 e. The molecule has 1 aliphatic rings. The van der Waals surface area contributed by atoms with Crippen LogP contribution in [0.4, 0.5) is 0 Å². The highest BCUT2D eigenvalue weighted by molar-refractivity contribution is 7.86. The van der Waals surface area contributed by atoms with Crippen LogP contribution in [-0.4, -0.2) is 62.5 Å². The smallest absolute Gasteiger partial charge is 0.282 e. The largest absolute Gasteiger partial charge is 0.381 e. The molecule has 1 aliphatic heterocycles. The molecular weight excluding hydrogens is 254 g/mol. The van der Waals surface area contributed by atoms with E-state index >= 15 is 0 Å². The molecule has 2 atom stereocenters. The minimum atomic E-state index is -3.39. The van der Waals surface area contributed by atoms with Crippen LogP contribution in [0.3, 0.4) is 0 Å². The first kappa shape index (κ1) is 15.8. The van der Waals surface area contributed by atoms with Gasteiger partial charge in [0.25, 0.3) is 10.2 Å². The molecule has 0 aromatic heterocycles. The molecule has 0 radical (unpaired) electrons. The Labute approximate surface area is 110 Å². The summed E-state index contributed by atoms with van der Waals surface area (Å²) < 4.78 is 33.3.